The van der Waals surface area contributed by atoms with E-state index in [-0.39, 0.29) is 5.69 Å². The molecule has 2 aromatic carbocycles. The molecule has 0 aliphatic heterocycles. The number of nitro benzene ring substituents is 1. The standard InChI is InChI=1S/C15H10N2O3/c18-17(19)13-8-6-11(7-9-13)14-10-20-15(16-14)12-4-2-1-3-5-12/h1-10H. The highest BCUT2D eigenvalue weighted by atomic mass is 16.6. The minimum Gasteiger partial charge on any atom is -0.444 e. The molecule has 0 bridgehead atoms. The number of aromatic nitrogens is 1. The van der Waals surface area contributed by atoms with Crippen LogP contribution in [0.2, 0.25) is 0 Å². The van der Waals surface area contributed by atoms with Gasteiger partial charge in [-0.1, -0.05) is 18.2 Å². The summed E-state index contributed by atoms with van der Waals surface area (Å²) in [6, 6.07) is 15.8. The second kappa shape index (κ2) is 4.97. The second-order valence-corrected chi connectivity index (χ2v) is 4.21. The Labute approximate surface area is 114 Å². The molecule has 0 spiro atoms. The van der Waals surface area contributed by atoms with Crippen LogP contribution in [-0.4, -0.2) is 9.91 Å². The molecule has 0 saturated heterocycles. The van der Waals surface area contributed by atoms with Gasteiger partial charge in [-0.25, -0.2) is 4.98 Å². The highest BCUT2D eigenvalue weighted by Gasteiger charge is 2.10. The van der Waals surface area contributed by atoms with Gasteiger partial charge < -0.3 is 4.42 Å². The van der Waals surface area contributed by atoms with E-state index in [1.165, 1.54) is 12.1 Å². The number of hydrogen-bond donors (Lipinski definition) is 0. The van der Waals surface area contributed by atoms with Crippen LogP contribution < -0.4 is 0 Å². The third-order valence-electron chi connectivity index (χ3n) is 2.90. The molecular formula is C15H10N2O3. The number of non-ortho nitro benzene ring substituents is 1. The van der Waals surface area contributed by atoms with Crippen LogP contribution in [0, 0.1) is 10.1 Å². The molecule has 0 atom stereocenters. The fourth-order valence-corrected chi connectivity index (χ4v) is 1.87. The van der Waals surface area contributed by atoms with Crippen LogP contribution in [-0.2, 0) is 0 Å². The van der Waals surface area contributed by atoms with E-state index in [0.717, 1.165) is 11.1 Å². The SMILES string of the molecule is O=[N+]([O-])c1ccc(-c2coc(-c3ccccc3)n2)cc1. The molecule has 0 amide bonds. The van der Waals surface area contributed by atoms with E-state index >= 15 is 0 Å². The Bertz CT molecular complexity index is 733. The van der Waals surface area contributed by atoms with Gasteiger partial charge in [-0.05, 0) is 24.3 Å². The summed E-state index contributed by atoms with van der Waals surface area (Å²) in [6.45, 7) is 0. The van der Waals surface area contributed by atoms with E-state index in [4.69, 9.17) is 4.42 Å². The van der Waals surface area contributed by atoms with Crippen molar-refractivity contribution in [1.29, 1.82) is 0 Å². The van der Waals surface area contributed by atoms with Crippen LogP contribution in [0.15, 0.2) is 65.3 Å². The maximum Gasteiger partial charge on any atom is 0.269 e. The lowest BCUT2D eigenvalue weighted by atomic mass is 10.1. The first-order valence-electron chi connectivity index (χ1n) is 6.00. The molecule has 0 unspecified atom stereocenters. The third kappa shape index (κ3) is 2.29. The van der Waals surface area contributed by atoms with E-state index in [1.54, 1.807) is 18.4 Å². The molecule has 1 heterocycles. The average Bonchev–Trinajstić information content (AvgIpc) is 2.98. The molecule has 0 N–H and O–H groups in total. The molecule has 3 rings (SSSR count). The van der Waals surface area contributed by atoms with E-state index < -0.39 is 4.92 Å². The maximum absolute atomic E-state index is 10.6. The number of benzene rings is 2. The Hall–Kier alpha value is -2.95. The number of nitro groups is 1. The summed E-state index contributed by atoms with van der Waals surface area (Å²) >= 11 is 0. The monoisotopic (exact) mass is 266 g/mol. The van der Waals surface area contributed by atoms with Gasteiger partial charge >= 0.3 is 0 Å². The molecule has 3 aromatic rings. The largest absolute Gasteiger partial charge is 0.444 e. The minimum absolute atomic E-state index is 0.0560. The summed E-state index contributed by atoms with van der Waals surface area (Å²) < 4.78 is 5.44. The van der Waals surface area contributed by atoms with Gasteiger partial charge in [0.15, 0.2) is 0 Å². The molecule has 0 aliphatic carbocycles. The molecule has 20 heavy (non-hydrogen) atoms. The predicted octanol–water partition coefficient (Wildman–Crippen LogP) is 3.92. The maximum atomic E-state index is 10.6. The number of rotatable bonds is 3. The van der Waals surface area contributed by atoms with Gasteiger partial charge in [0.05, 0.1) is 4.92 Å². The molecule has 0 aliphatic rings. The molecule has 5 heteroatoms. The first-order chi connectivity index (χ1) is 9.74. The van der Waals surface area contributed by atoms with Gasteiger partial charge in [0, 0.05) is 23.3 Å². The van der Waals surface area contributed by atoms with E-state index in [9.17, 15) is 10.1 Å². The zero-order chi connectivity index (χ0) is 13.9. The Morgan fingerprint density at radius 1 is 0.950 bits per heavy atom. The molecule has 1 aromatic heterocycles. The van der Waals surface area contributed by atoms with Gasteiger partial charge in [0.2, 0.25) is 5.89 Å². The second-order valence-electron chi connectivity index (χ2n) is 4.21. The average molecular weight is 266 g/mol. The van der Waals surface area contributed by atoms with Gasteiger partial charge in [-0.3, -0.25) is 10.1 Å². The van der Waals surface area contributed by atoms with E-state index in [1.807, 2.05) is 30.3 Å². The van der Waals surface area contributed by atoms with Crippen molar-refractivity contribution >= 4 is 5.69 Å². The summed E-state index contributed by atoms with van der Waals surface area (Å²) in [6.07, 6.45) is 1.55. The summed E-state index contributed by atoms with van der Waals surface area (Å²) in [4.78, 5) is 14.6. The van der Waals surface area contributed by atoms with Crippen LogP contribution in [0.5, 0.6) is 0 Å². The van der Waals surface area contributed by atoms with Gasteiger partial charge in [-0.2, -0.15) is 0 Å². The van der Waals surface area contributed by atoms with Crippen molar-refractivity contribution in [3.05, 3.63) is 71.0 Å². The zero-order valence-electron chi connectivity index (χ0n) is 10.4. The lowest BCUT2D eigenvalue weighted by Gasteiger charge is -1.95. The zero-order valence-corrected chi connectivity index (χ0v) is 10.4. The van der Waals surface area contributed by atoms with Crippen molar-refractivity contribution < 1.29 is 9.34 Å². The van der Waals surface area contributed by atoms with Gasteiger partial charge in [0.1, 0.15) is 12.0 Å². The fraction of sp³-hybridized carbons (Fsp3) is 0. The van der Waals surface area contributed by atoms with Crippen LogP contribution in [0.1, 0.15) is 0 Å². The Kier molecular flexibility index (Phi) is 3.01. The van der Waals surface area contributed by atoms with Crippen LogP contribution in [0.3, 0.4) is 0 Å². The molecule has 0 saturated carbocycles. The van der Waals surface area contributed by atoms with Crippen molar-refractivity contribution in [3.63, 3.8) is 0 Å². The summed E-state index contributed by atoms with van der Waals surface area (Å²) in [7, 11) is 0. The van der Waals surface area contributed by atoms with E-state index in [2.05, 4.69) is 4.98 Å². The summed E-state index contributed by atoms with van der Waals surface area (Å²) in [5, 5.41) is 10.6. The molecule has 5 nitrogen and oxygen atoms in total. The third-order valence-corrected chi connectivity index (χ3v) is 2.90. The molecule has 98 valence electrons. The minimum atomic E-state index is -0.429. The van der Waals surface area contributed by atoms with Gasteiger partial charge in [-0.15, -0.1) is 0 Å². The van der Waals surface area contributed by atoms with Crippen molar-refractivity contribution in [2.24, 2.45) is 0 Å². The first-order valence-corrected chi connectivity index (χ1v) is 6.00. The molecular weight excluding hydrogens is 256 g/mol. The smallest absolute Gasteiger partial charge is 0.269 e. The quantitative estimate of drug-likeness (QED) is 0.532. The van der Waals surface area contributed by atoms with Crippen LogP contribution in [0.25, 0.3) is 22.7 Å². The Morgan fingerprint density at radius 2 is 1.65 bits per heavy atom. The number of hydrogen-bond acceptors (Lipinski definition) is 4. The Balaban J connectivity index is 1.92. The molecule has 0 fully saturated rings. The Morgan fingerprint density at radius 3 is 2.30 bits per heavy atom. The van der Waals surface area contributed by atoms with Crippen molar-refractivity contribution in [2.45, 2.75) is 0 Å². The van der Waals surface area contributed by atoms with Crippen molar-refractivity contribution in [3.8, 4) is 22.7 Å². The highest BCUT2D eigenvalue weighted by molar-refractivity contribution is 5.63. The summed E-state index contributed by atoms with van der Waals surface area (Å²) in [5.74, 6) is 0.527. The number of oxazole rings is 1. The predicted molar refractivity (Wildman–Crippen MR) is 74.0 cm³/mol. The van der Waals surface area contributed by atoms with Gasteiger partial charge in [0.25, 0.3) is 5.69 Å². The van der Waals surface area contributed by atoms with Crippen molar-refractivity contribution in [2.75, 3.05) is 0 Å². The first kappa shape index (κ1) is 12.1. The molecule has 0 radical (unpaired) electrons. The van der Waals surface area contributed by atoms with Crippen LogP contribution in [0.4, 0.5) is 5.69 Å². The van der Waals surface area contributed by atoms with Crippen molar-refractivity contribution in [1.82, 2.24) is 4.98 Å². The summed E-state index contributed by atoms with van der Waals surface area (Å²) in [5.41, 5.74) is 2.38. The fourth-order valence-electron chi connectivity index (χ4n) is 1.87. The topological polar surface area (TPSA) is 69.2 Å². The normalized spacial score (nSPS) is 10.4. The lowest BCUT2D eigenvalue weighted by molar-refractivity contribution is -0.384. The lowest BCUT2D eigenvalue weighted by Crippen LogP contribution is -1.87. The number of nitrogens with zero attached hydrogens (tertiary/aromatic N) is 2. The highest BCUT2D eigenvalue weighted by Crippen LogP contribution is 2.25. The van der Waals surface area contributed by atoms with Crippen LogP contribution >= 0.6 is 0 Å². The van der Waals surface area contributed by atoms with E-state index in [0.29, 0.717) is 11.6 Å².